The van der Waals surface area contributed by atoms with Crippen molar-refractivity contribution in [3.63, 3.8) is 0 Å². The lowest BCUT2D eigenvalue weighted by Gasteiger charge is -2.41. The number of amides is 2. The van der Waals surface area contributed by atoms with Gasteiger partial charge in [-0.15, -0.1) is 0 Å². The normalized spacial score (nSPS) is 17.7. The third-order valence-electron chi connectivity index (χ3n) is 6.08. The average molecular weight is 461 g/mol. The molecule has 176 valence electrons. The predicted molar refractivity (Wildman–Crippen MR) is 131 cm³/mol. The third kappa shape index (κ3) is 4.83. The minimum atomic E-state index is -0.480. The van der Waals surface area contributed by atoms with E-state index in [1.807, 2.05) is 66.7 Å². The fraction of sp³-hybridized carbons (Fsp3) is 0.259. The standard InChI is InChI=1S/C27H28N2O5/c1-32-21-11-7-18(8-12-21)26-24(27(31)28-19-5-4-6-23(17-19)34-3)15-16-25(30)29(26)20-9-13-22(33-2)14-10-20/h4-14,17,24,26H,15-16H2,1-3H3,(H,28,31)/t24-,26-/m1/s1. The lowest BCUT2D eigenvalue weighted by atomic mass is 9.83. The summed E-state index contributed by atoms with van der Waals surface area (Å²) in [4.78, 5) is 28.4. The van der Waals surface area contributed by atoms with Gasteiger partial charge < -0.3 is 24.4 Å². The first-order valence-corrected chi connectivity index (χ1v) is 11.1. The second-order valence-corrected chi connectivity index (χ2v) is 8.05. The molecule has 0 aliphatic carbocycles. The van der Waals surface area contributed by atoms with E-state index in [4.69, 9.17) is 14.2 Å². The second kappa shape index (κ2) is 10.3. The molecular weight excluding hydrogens is 432 g/mol. The van der Waals surface area contributed by atoms with E-state index < -0.39 is 12.0 Å². The highest BCUT2D eigenvalue weighted by Crippen LogP contribution is 2.41. The summed E-state index contributed by atoms with van der Waals surface area (Å²) < 4.78 is 15.9. The van der Waals surface area contributed by atoms with Gasteiger partial charge in [0.1, 0.15) is 17.2 Å². The van der Waals surface area contributed by atoms with Crippen LogP contribution in [0, 0.1) is 5.92 Å². The zero-order valence-corrected chi connectivity index (χ0v) is 19.5. The Balaban J connectivity index is 1.72. The van der Waals surface area contributed by atoms with Crippen molar-refractivity contribution in [3.05, 3.63) is 78.4 Å². The third-order valence-corrected chi connectivity index (χ3v) is 6.08. The fourth-order valence-corrected chi connectivity index (χ4v) is 4.33. The van der Waals surface area contributed by atoms with Gasteiger partial charge in [-0.05, 0) is 60.5 Å². The van der Waals surface area contributed by atoms with E-state index in [0.717, 1.165) is 5.56 Å². The van der Waals surface area contributed by atoms with E-state index in [9.17, 15) is 9.59 Å². The molecule has 4 rings (SSSR count). The number of anilines is 2. The quantitative estimate of drug-likeness (QED) is 0.546. The fourth-order valence-electron chi connectivity index (χ4n) is 4.33. The predicted octanol–water partition coefficient (Wildman–Crippen LogP) is 4.84. The molecule has 3 aromatic rings. The van der Waals surface area contributed by atoms with Gasteiger partial charge in [-0.1, -0.05) is 18.2 Å². The lowest BCUT2D eigenvalue weighted by Crippen LogP contribution is -2.46. The van der Waals surface area contributed by atoms with Gasteiger partial charge in [-0.25, -0.2) is 0 Å². The van der Waals surface area contributed by atoms with Gasteiger partial charge in [0.2, 0.25) is 11.8 Å². The Morgan fingerprint density at radius 2 is 1.47 bits per heavy atom. The molecule has 2 atom stereocenters. The van der Waals surface area contributed by atoms with Gasteiger partial charge >= 0.3 is 0 Å². The summed E-state index contributed by atoms with van der Waals surface area (Å²) in [6, 6.07) is 21.6. The van der Waals surface area contributed by atoms with E-state index in [-0.39, 0.29) is 18.2 Å². The number of methoxy groups -OCH3 is 3. The van der Waals surface area contributed by atoms with Crippen molar-refractivity contribution < 1.29 is 23.8 Å². The summed E-state index contributed by atoms with van der Waals surface area (Å²) >= 11 is 0. The molecule has 34 heavy (non-hydrogen) atoms. The summed E-state index contributed by atoms with van der Waals surface area (Å²) in [6.45, 7) is 0. The van der Waals surface area contributed by atoms with Crippen LogP contribution in [0.5, 0.6) is 17.2 Å². The van der Waals surface area contributed by atoms with Crippen LogP contribution in [0.4, 0.5) is 11.4 Å². The van der Waals surface area contributed by atoms with Crippen LogP contribution in [0.25, 0.3) is 0 Å². The van der Waals surface area contributed by atoms with Crippen molar-refractivity contribution in [2.45, 2.75) is 18.9 Å². The zero-order chi connectivity index (χ0) is 24.1. The Morgan fingerprint density at radius 1 is 0.853 bits per heavy atom. The highest BCUT2D eigenvalue weighted by Gasteiger charge is 2.41. The summed E-state index contributed by atoms with van der Waals surface area (Å²) in [5, 5.41) is 3.01. The Bertz CT molecular complexity index is 1140. The van der Waals surface area contributed by atoms with E-state index in [0.29, 0.717) is 35.0 Å². The molecule has 3 aromatic carbocycles. The lowest BCUT2D eigenvalue weighted by molar-refractivity contribution is -0.125. The number of nitrogens with zero attached hydrogens (tertiary/aromatic N) is 1. The number of piperidine rings is 1. The minimum absolute atomic E-state index is 0.0311. The molecule has 2 amide bonds. The van der Waals surface area contributed by atoms with Crippen LogP contribution in [-0.4, -0.2) is 33.1 Å². The van der Waals surface area contributed by atoms with Crippen LogP contribution < -0.4 is 24.4 Å². The molecule has 1 aliphatic heterocycles. The molecule has 1 heterocycles. The van der Waals surface area contributed by atoms with Gasteiger partial charge in [-0.2, -0.15) is 0 Å². The van der Waals surface area contributed by atoms with Gasteiger partial charge in [0.05, 0.1) is 33.3 Å². The zero-order valence-electron chi connectivity index (χ0n) is 19.5. The summed E-state index contributed by atoms with van der Waals surface area (Å²) in [7, 11) is 4.79. The monoisotopic (exact) mass is 460 g/mol. The number of carbonyl (C=O) groups is 2. The molecule has 0 aromatic heterocycles. The van der Waals surface area contributed by atoms with Crippen LogP contribution in [0.2, 0.25) is 0 Å². The van der Waals surface area contributed by atoms with Crippen LogP contribution in [0.1, 0.15) is 24.4 Å². The Kier molecular flexibility index (Phi) is 7.01. The van der Waals surface area contributed by atoms with Crippen molar-refractivity contribution in [1.29, 1.82) is 0 Å². The molecule has 0 unspecified atom stereocenters. The number of hydrogen-bond donors (Lipinski definition) is 1. The van der Waals surface area contributed by atoms with Crippen LogP contribution in [0.15, 0.2) is 72.8 Å². The molecule has 0 spiro atoms. The van der Waals surface area contributed by atoms with Crippen LogP contribution in [0.3, 0.4) is 0 Å². The molecule has 0 saturated carbocycles. The van der Waals surface area contributed by atoms with Crippen molar-refractivity contribution in [1.82, 2.24) is 0 Å². The summed E-state index contributed by atoms with van der Waals surface area (Å²) in [5.41, 5.74) is 2.21. The highest BCUT2D eigenvalue weighted by atomic mass is 16.5. The van der Waals surface area contributed by atoms with E-state index >= 15 is 0 Å². The topological polar surface area (TPSA) is 77.1 Å². The first-order chi connectivity index (χ1) is 16.5. The van der Waals surface area contributed by atoms with E-state index in [2.05, 4.69) is 5.32 Å². The number of carbonyl (C=O) groups excluding carboxylic acids is 2. The molecule has 1 fully saturated rings. The Labute approximate surface area is 199 Å². The SMILES string of the molecule is COc1ccc([C@@H]2[C@H](C(=O)Nc3cccc(OC)c3)CCC(=O)N2c2ccc(OC)cc2)cc1. The second-order valence-electron chi connectivity index (χ2n) is 8.05. The molecule has 0 bridgehead atoms. The smallest absolute Gasteiger partial charge is 0.229 e. The molecule has 7 nitrogen and oxygen atoms in total. The molecule has 1 saturated heterocycles. The average Bonchev–Trinajstić information content (AvgIpc) is 2.88. The maximum Gasteiger partial charge on any atom is 0.229 e. The van der Waals surface area contributed by atoms with Crippen molar-refractivity contribution in [2.75, 3.05) is 31.5 Å². The molecule has 0 radical (unpaired) electrons. The summed E-state index contributed by atoms with van der Waals surface area (Å²) in [5.74, 6) is 1.42. The van der Waals surface area contributed by atoms with Gasteiger partial charge in [0, 0.05) is 23.9 Å². The van der Waals surface area contributed by atoms with Crippen molar-refractivity contribution in [3.8, 4) is 17.2 Å². The van der Waals surface area contributed by atoms with Crippen LogP contribution in [-0.2, 0) is 9.59 Å². The minimum Gasteiger partial charge on any atom is -0.497 e. The van der Waals surface area contributed by atoms with Crippen LogP contribution >= 0.6 is 0 Å². The first kappa shape index (κ1) is 23.2. The van der Waals surface area contributed by atoms with Gasteiger partial charge in [0.15, 0.2) is 0 Å². The molecule has 1 aliphatic rings. The maximum atomic E-state index is 13.5. The molecule has 7 heteroatoms. The van der Waals surface area contributed by atoms with Crippen molar-refractivity contribution in [2.24, 2.45) is 5.92 Å². The Hall–Kier alpha value is -4.00. The van der Waals surface area contributed by atoms with Gasteiger partial charge in [-0.3, -0.25) is 9.59 Å². The molecular formula is C27H28N2O5. The largest absolute Gasteiger partial charge is 0.497 e. The number of hydrogen-bond acceptors (Lipinski definition) is 5. The Morgan fingerprint density at radius 3 is 2.09 bits per heavy atom. The van der Waals surface area contributed by atoms with E-state index in [1.165, 1.54) is 0 Å². The first-order valence-electron chi connectivity index (χ1n) is 11.1. The number of nitrogens with one attached hydrogen (secondary N) is 1. The number of benzene rings is 3. The van der Waals surface area contributed by atoms with Crippen molar-refractivity contribution >= 4 is 23.2 Å². The number of rotatable bonds is 7. The molecule has 1 N–H and O–H groups in total. The highest BCUT2D eigenvalue weighted by molar-refractivity contribution is 6.00. The maximum absolute atomic E-state index is 13.5. The number of ether oxygens (including phenoxy) is 3. The summed E-state index contributed by atoms with van der Waals surface area (Å²) in [6.07, 6.45) is 0.715. The van der Waals surface area contributed by atoms with E-state index in [1.54, 1.807) is 32.3 Å². The van der Waals surface area contributed by atoms with Gasteiger partial charge in [0.25, 0.3) is 0 Å².